The van der Waals surface area contributed by atoms with Gasteiger partial charge in [0.25, 0.3) is 11.4 Å². The van der Waals surface area contributed by atoms with Crippen molar-refractivity contribution < 1.29 is 9.85 Å². The first-order chi connectivity index (χ1) is 27.7. The molecule has 0 bridgehead atoms. The number of likely N-dealkylation sites (tertiary alicyclic amines) is 2. The molecule has 0 radical (unpaired) electrons. The van der Waals surface area contributed by atoms with Crippen molar-refractivity contribution in [2.45, 2.75) is 75.0 Å². The van der Waals surface area contributed by atoms with Crippen LogP contribution in [0, 0.1) is 20.2 Å². The molecule has 4 aromatic carbocycles. The molecule has 0 atom stereocenters. The first kappa shape index (κ1) is 43.4. The SMILES string of the molecule is CN1CCC(c2ccc(N)cc2)CC1.CN1CCC(c2ccc([N+](=O)[O-])cc2)CC1.O=[N+]([O-])c1ccc(C2CCNCC2)cc1.c1ccc(C2CCNCC2)cc1. The molecule has 0 unspecified atom stereocenters. The molecule has 11 nitrogen and oxygen atoms in total. The van der Waals surface area contributed by atoms with Crippen LogP contribution in [0.5, 0.6) is 0 Å². The van der Waals surface area contributed by atoms with E-state index in [2.05, 4.69) is 77.0 Å². The van der Waals surface area contributed by atoms with Crippen molar-refractivity contribution in [1.29, 1.82) is 0 Å². The highest BCUT2D eigenvalue weighted by atomic mass is 16.6. The summed E-state index contributed by atoms with van der Waals surface area (Å²) in [6, 6.07) is 33.2. The normalized spacial score (nSPS) is 18.8. The minimum absolute atomic E-state index is 0.174. The predicted octanol–water partition coefficient (Wildman–Crippen LogP) is 8.70. The minimum Gasteiger partial charge on any atom is -0.399 e. The smallest absolute Gasteiger partial charge is 0.269 e. The summed E-state index contributed by atoms with van der Waals surface area (Å²) in [6.07, 6.45) is 9.69. The van der Waals surface area contributed by atoms with Crippen molar-refractivity contribution in [3.05, 3.63) is 146 Å². The number of nitrogen functional groups attached to an aromatic ring is 1. The lowest BCUT2D eigenvalue weighted by Crippen LogP contribution is -2.29. The van der Waals surface area contributed by atoms with Crippen LogP contribution in [0.15, 0.2) is 103 Å². The third-order valence-electron chi connectivity index (χ3n) is 11.9. The Hall–Kier alpha value is -4.68. The lowest BCUT2D eigenvalue weighted by Gasteiger charge is -2.29. The van der Waals surface area contributed by atoms with Gasteiger partial charge in [0.15, 0.2) is 0 Å². The van der Waals surface area contributed by atoms with E-state index in [4.69, 9.17) is 5.73 Å². The van der Waals surface area contributed by atoms with Crippen LogP contribution in [-0.4, -0.2) is 86.1 Å². The van der Waals surface area contributed by atoms with Crippen molar-refractivity contribution >= 4 is 17.1 Å². The Kier molecular flexibility index (Phi) is 17.5. The van der Waals surface area contributed by atoms with E-state index >= 15 is 0 Å². The van der Waals surface area contributed by atoms with Crippen LogP contribution in [0.3, 0.4) is 0 Å². The van der Waals surface area contributed by atoms with Crippen molar-refractivity contribution in [2.24, 2.45) is 0 Å². The fourth-order valence-corrected chi connectivity index (χ4v) is 8.22. The standard InChI is InChI=1S/C12H16N2O2.C12H18N2.C11H14N2O2.C11H15N/c1-13-8-6-11(7-9-13)10-2-4-12(5-3-10)14(15)16;1-14-8-6-11(7-9-14)10-2-4-12(13)5-3-10;14-13(15)11-3-1-9(2-4-11)10-5-7-12-8-6-10;1-2-4-10(5-3-1)11-6-8-12-9-7-11/h2-5,11H,6-9H2,1H3;2-5,11H,6-9,13H2,1H3;1-4,10,12H,5-8H2;1-5,11-12H,6-9H2. The molecular formula is C46H63N7O4. The molecule has 4 fully saturated rings. The summed E-state index contributed by atoms with van der Waals surface area (Å²) in [5.41, 5.74) is 12.3. The second-order valence-electron chi connectivity index (χ2n) is 16.0. The van der Waals surface area contributed by atoms with Gasteiger partial charge in [0.2, 0.25) is 0 Å². The fourth-order valence-electron chi connectivity index (χ4n) is 8.22. The third kappa shape index (κ3) is 14.3. The highest BCUT2D eigenvalue weighted by molar-refractivity contribution is 5.40. The molecule has 0 aromatic heterocycles. The minimum atomic E-state index is -0.355. The molecule has 4 aliphatic rings. The molecule has 8 rings (SSSR count). The second kappa shape index (κ2) is 22.9. The number of non-ortho nitro benzene ring substituents is 2. The summed E-state index contributed by atoms with van der Waals surface area (Å²) in [6.45, 7) is 9.11. The van der Waals surface area contributed by atoms with E-state index in [0.717, 1.165) is 69.4 Å². The largest absolute Gasteiger partial charge is 0.399 e. The number of piperidine rings is 4. The van der Waals surface area contributed by atoms with Gasteiger partial charge < -0.3 is 26.2 Å². The first-order valence-electron chi connectivity index (χ1n) is 20.8. The zero-order valence-electron chi connectivity index (χ0n) is 33.9. The van der Waals surface area contributed by atoms with E-state index in [1.807, 2.05) is 36.4 Å². The lowest BCUT2D eigenvalue weighted by atomic mass is 9.89. The zero-order valence-corrected chi connectivity index (χ0v) is 33.9. The van der Waals surface area contributed by atoms with Gasteiger partial charge in [-0.25, -0.2) is 0 Å². The Labute approximate surface area is 339 Å². The van der Waals surface area contributed by atoms with Gasteiger partial charge in [-0.3, -0.25) is 20.2 Å². The molecule has 306 valence electrons. The van der Waals surface area contributed by atoms with Crippen LogP contribution in [-0.2, 0) is 0 Å². The van der Waals surface area contributed by atoms with Crippen molar-refractivity contribution in [2.75, 3.05) is 72.2 Å². The molecular weight excluding hydrogens is 715 g/mol. The molecule has 0 spiro atoms. The van der Waals surface area contributed by atoms with Gasteiger partial charge in [-0.2, -0.15) is 0 Å². The van der Waals surface area contributed by atoms with E-state index < -0.39 is 0 Å². The number of nitrogens with two attached hydrogens (primary N) is 1. The Balaban J connectivity index is 0.000000146. The first-order valence-corrected chi connectivity index (χ1v) is 20.8. The average Bonchev–Trinajstić information content (AvgIpc) is 3.26. The van der Waals surface area contributed by atoms with Gasteiger partial charge in [-0.15, -0.1) is 0 Å². The highest BCUT2D eigenvalue weighted by Crippen LogP contribution is 2.30. The highest BCUT2D eigenvalue weighted by Gasteiger charge is 2.20. The van der Waals surface area contributed by atoms with Gasteiger partial charge >= 0.3 is 0 Å². The predicted molar refractivity (Wildman–Crippen MR) is 232 cm³/mol. The van der Waals surface area contributed by atoms with E-state index in [1.165, 1.54) is 74.1 Å². The maximum atomic E-state index is 10.5. The topological polar surface area (TPSA) is 143 Å². The van der Waals surface area contributed by atoms with E-state index in [1.54, 1.807) is 24.3 Å². The maximum Gasteiger partial charge on any atom is 0.269 e. The van der Waals surface area contributed by atoms with Gasteiger partial charge in [-0.1, -0.05) is 66.7 Å². The van der Waals surface area contributed by atoms with Gasteiger partial charge in [0.05, 0.1) is 9.85 Å². The molecule has 4 N–H and O–H groups in total. The Morgan fingerprint density at radius 3 is 1.11 bits per heavy atom. The summed E-state index contributed by atoms with van der Waals surface area (Å²) >= 11 is 0. The van der Waals surface area contributed by atoms with E-state index in [9.17, 15) is 20.2 Å². The molecule has 0 aliphatic carbocycles. The number of hydrogen-bond donors (Lipinski definition) is 3. The summed E-state index contributed by atoms with van der Waals surface area (Å²) < 4.78 is 0. The maximum absolute atomic E-state index is 10.5. The molecule has 0 saturated carbocycles. The van der Waals surface area contributed by atoms with Gasteiger partial charge in [0.1, 0.15) is 0 Å². The Morgan fingerprint density at radius 2 is 0.772 bits per heavy atom. The summed E-state index contributed by atoms with van der Waals surface area (Å²) in [7, 11) is 4.32. The van der Waals surface area contributed by atoms with Gasteiger partial charge in [-0.05, 0) is 176 Å². The number of benzene rings is 4. The van der Waals surface area contributed by atoms with Crippen molar-refractivity contribution in [3.63, 3.8) is 0 Å². The number of anilines is 1. The summed E-state index contributed by atoms with van der Waals surface area (Å²) in [5.74, 6) is 2.67. The van der Waals surface area contributed by atoms with E-state index in [0.29, 0.717) is 11.8 Å². The second-order valence-corrected chi connectivity index (χ2v) is 16.0. The molecule has 4 aliphatic heterocycles. The number of nitrogens with one attached hydrogen (secondary N) is 2. The van der Waals surface area contributed by atoms with Crippen LogP contribution in [0.2, 0.25) is 0 Å². The summed E-state index contributed by atoms with van der Waals surface area (Å²) in [5, 5.41) is 27.7. The van der Waals surface area contributed by atoms with Crippen LogP contribution in [0.25, 0.3) is 0 Å². The lowest BCUT2D eigenvalue weighted by molar-refractivity contribution is -0.385. The number of rotatable bonds is 6. The van der Waals surface area contributed by atoms with Crippen LogP contribution in [0.4, 0.5) is 17.1 Å². The molecule has 4 heterocycles. The molecule has 11 heteroatoms. The van der Waals surface area contributed by atoms with E-state index in [-0.39, 0.29) is 21.2 Å². The number of nitro groups is 2. The third-order valence-corrected chi connectivity index (χ3v) is 11.9. The zero-order chi connectivity index (χ0) is 40.4. The number of hydrogen-bond acceptors (Lipinski definition) is 9. The van der Waals surface area contributed by atoms with Crippen molar-refractivity contribution in [1.82, 2.24) is 20.4 Å². The monoisotopic (exact) mass is 777 g/mol. The fraction of sp³-hybridized carbons (Fsp3) is 0.478. The van der Waals surface area contributed by atoms with Crippen LogP contribution >= 0.6 is 0 Å². The van der Waals surface area contributed by atoms with Gasteiger partial charge in [0, 0.05) is 30.0 Å². The Bertz CT molecular complexity index is 1750. The quantitative estimate of drug-likeness (QED) is 0.0996. The molecule has 4 saturated heterocycles. The Morgan fingerprint density at radius 1 is 0.474 bits per heavy atom. The summed E-state index contributed by atoms with van der Waals surface area (Å²) in [4.78, 5) is 25.0. The number of nitro benzene ring substituents is 2. The van der Waals surface area contributed by atoms with Crippen LogP contribution < -0.4 is 16.4 Å². The average molecular weight is 778 g/mol. The van der Waals surface area contributed by atoms with Crippen molar-refractivity contribution in [3.8, 4) is 0 Å². The molecule has 0 amide bonds. The van der Waals surface area contributed by atoms with Crippen LogP contribution in [0.1, 0.15) is 97.3 Å². The number of nitrogens with zero attached hydrogens (tertiary/aromatic N) is 4. The molecule has 57 heavy (non-hydrogen) atoms. The molecule has 4 aromatic rings.